The minimum Gasteiger partial charge on any atom is -0.493 e. The summed E-state index contributed by atoms with van der Waals surface area (Å²) in [7, 11) is 0. The fourth-order valence-electron chi connectivity index (χ4n) is 1.12. The van der Waals surface area contributed by atoms with Crippen molar-refractivity contribution < 1.29 is 14.5 Å². The molecule has 5 nitrogen and oxygen atoms in total. The van der Waals surface area contributed by atoms with Gasteiger partial charge in [-0.3, -0.25) is 14.9 Å². The molecule has 86 valence electrons. The Hall–Kier alpha value is -1.62. The molecule has 0 amide bonds. The lowest BCUT2D eigenvalue weighted by molar-refractivity contribution is -0.384. The molecule has 0 aliphatic rings. The Morgan fingerprint density at radius 3 is 2.75 bits per heavy atom. The number of nitro benzene ring substituents is 1. The number of carbonyl (C=O) groups excluding carboxylic acids is 1. The Kier molecular flexibility index (Phi) is 4.25. The van der Waals surface area contributed by atoms with Crippen LogP contribution in [-0.4, -0.2) is 16.8 Å². The Balaban J connectivity index is 3.09. The standard InChI is InChI=1S/C10H10ClNO4/c1-2-5-16-9-4-3-7(12(14)15)6-8(9)10(11)13/h3-4,6H,2,5H2,1H3. The summed E-state index contributed by atoms with van der Waals surface area (Å²) >= 11 is 5.32. The molecule has 0 spiro atoms. The first-order valence-electron chi connectivity index (χ1n) is 4.67. The van der Waals surface area contributed by atoms with Gasteiger partial charge in [-0.25, -0.2) is 0 Å². The van der Waals surface area contributed by atoms with E-state index in [1.807, 2.05) is 6.92 Å². The van der Waals surface area contributed by atoms with Crippen LogP contribution in [0.2, 0.25) is 0 Å². The van der Waals surface area contributed by atoms with Crippen LogP contribution < -0.4 is 4.74 Å². The lowest BCUT2D eigenvalue weighted by atomic mass is 10.2. The van der Waals surface area contributed by atoms with Crippen molar-refractivity contribution in [1.82, 2.24) is 0 Å². The molecule has 1 aromatic carbocycles. The van der Waals surface area contributed by atoms with E-state index in [-0.39, 0.29) is 17.0 Å². The summed E-state index contributed by atoms with van der Waals surface area (Å²) in [5.74, 6) is 0.271. The lowest BCUT2D eigenvalue weighted by Gasteiger charge is -2.07. The monoisotopic (exact) mass is 243 g/mol. The van der Waals surface area contributed by atoms with Crippen LogP contribution in [0, 0.1) is 10.1 Å². The third-order valence-corrected chi connectivity index (χ3v) is 2.05. The average Bonchev–Trinajstić information content (AvgIpc) is 2.25. The summed E-state index contributed by atoms with van der Waals surface area (Å²) in [4.78, 5) is 21.0. The molecular formula is C10H10ClNO4. The summed E-state index contributed by atoms with van der Waals surface area (Å²) in [6.45, 7) is 2.34. The van der Waals surface area contributed by atoms with Gasteiger partial charge in [0.25, 0.3) is 10.9 Å². The molecule has 0 atom stereocenters. The van der Waals surface area contributed by atoms with Crippen molar-refractivity contribution in [1.29, 1.82) is 0 Å². The van der Waals surface area contributed by atoms with Crippen LogP contribution in [0.25, 0.3) is 0 Å². The van der Waals surface area contributed by atoms with Crippen LogP contribution in [-0.2, 0) is 0 Å². The number of non-ortho nitro benzene ring substituents is 1. The molecule has 0 saturated carbocycles. The first-order valence-corrected chi connectivity index (χ1v) is 5.05. The normalized spacial score (nSPS) is 9.88. The van der Waals surface area contributed by atoms with E-state index in [0.29, 0.717) is 6.61 Å². The van der Waals surface area contributed by atoms with Gasteiger partial charge in [0.15, 0.2) is 0 Å². The highest BCUT2D eigenvalue weighted by Crippen LogP contribution is 2.25. The number of nitrogens with zero attached hydrogens (tertiary/aromatic N) is 1. The van der Waals surface area contributed by atoms with E-state index in [4.69, 9.17) is 16.3 Å². The largest absolute Gasteiger partial charge is 0.493 e. The zero-order valence-electron chi connectivity index (χ0n) is 8.60. The number of halogens is 1. The van der Waals surface area contributed by atoms with Crippen molar-refractivity contribution in [2.24, 2.45) is 0 Å². The molecule has 16 heavy (non-hydrogen) atoms. The molecule has 1 aromatic rings. The van der Waals surface area contributed by atoms with Gasteiger partial charge in [-0.2, -0.15) is 0 Å². The maximum atomic E-state index is 11.1. The molecule has 1 rings (SSSR count). The van der Waals surface area contributed by atoms with E-state index in [9.17, 15) is 14.9 Å². The number of benzene rings is 1. The summed E-state index contributed by atoms with van der Waals surface area (Å²) < 4.78 is 5.25. The van der Waals surface area contributed by atoms with Crippen molar-refractivity contribution in [3.8, 4) is 5.75 Å². The Bertz CT molecular complexity index is 419. The van der Waals surface area contributed by atoms with E-state index in [1.165, 1.54) is 12.1 Å². The van der Waals surface area contributed by atoms with Crippen LogP contribution in [0.3, 0.4) is 0 Å². The number of carbonyl (C=O) groups is 1. The van der Waals surface area contributed by atoms with Gasteiger partial charge in [0, 0.05) is 12.1 Å². The molecule has 0 saturated heterocycles. The first-order chi connectivity index (χ1) is 7.56. The fraction of sp³-hybridized carbons (Fsp3) is 0.300. The van der Waals surface area contributed by atoms with Crippen molar-refractivity contribution >= 4 is 22.5 Å². The molecule has 0 bridgehead atoms. The lowest BCUT2D eigenvalue weighted by Crippen LogP contribution is -2.02. The number of hydrogen-bond donors (Lipinski definition) is 0. The highest BCUT2D eigenvalue weighted by molar-refractivity contribution is 6.68. The molecule has 6 heteroatoms. The van der Waals surface area contributed by atoms with Crippen molar-refractivity contribution in [3.05, 3.63) is 33.9 Å². The van der Waals surface area contributed by atoms with Gasteiger partial charge in [0.05, 0.1) is 17.1 Å². The molecule has 0 aromatic heterocycles. The van der Waals surface area contributed by atoms with Crippen LogP contribution >= 0.6 is 11.6 Å². The molecule has 0 heterocycles. The van der Waals surface area contributed by atoms with Crippen LogP contribution in [0.5, 0.6) is 5.75 Å². The molecule has 0 N–H and O–H groups in total. The topological polar surface area (TPSA) is 69.4 Å². The van der Waals surface area contributed by atoms with E-state index < -0.39 is 10.2 Å². The van der Waals surface area contributed by atoms with Gasteiger partial charge in [0.1, 0.15) is 5.75 Å². The summed E-state index contributed by atoms with van der Waals surface area (Å²) in [6.07, 6.45) is 0.771. The van der Waals surface area contributed by atoms with E-state index in [1.54, 1.807) is 0 Å². The van der Waals surface area contributed by atoms with Crippen LogP contribution in [0.1, 0.15) is 23.7 Å². The smallest absolute Gasteiger partial charge is 0.270 e. The maximum Gasteiger partial charge on any atom is 0.270 e. The van der Waals surface area contributed by atoms with E-state index in [2.05, 4.69) is 0 Å². The van der Waals surface area contributed by atoms with Gasteiger partial charge in [-0.1, -0.05) is 6.92 Å². The minimum absolute atomic E-state index is 0.0179. The van der Waals surface area contributed by atoms with Crippen molar-refractivity contribution in [2.75, 3.05) is 6.61 Å². The second kappa shape index (κ2) is 5.46. The zero-order chi connectivity index (χ0) is 12.1. The molecular weight excluding hydrogens is 234 g/mol. The van der Waals surface area contributed by atoms with E-state index in [0.717, 1.165) is 12.5 Å². The van der Waals surface area contributed by atoms with Gasteiger partial charge >= 0.3 is 0 Å². The molecule has 0 radical (unpaired) electrons. The highest BCUT2D eigenvalue weighted by atomic mass is 35.5. The summed E-state index contributed by atoms with van der Waals surface area (Å²) in [5, 5.41) is 9.74. The number of ether oxygens (including phenoxy) is 1. The molecule has 0 unspecified atom stereocenters. The number of rotatable bonds is 5. The minimum atomic E-state index is -0.769. The number of nitro groups is 1. The predicted molar refractivity (Wildman–Crippen MR) is 59.1 cm³/mol. The van der Waals surface area contributed by atoms with E-state index >= 15 is 0 Å². The third-order valence-electron chi connectivity index (χ3n) is 1.85. The maximum absolute atomic E-state index is 11.1. The molecule has 0 fully saturated rings. The van der Waals surface area contributed by atoms with Gasteiger partial charge < -0.3 is 4.74 Å². The Morgan fingerprint density at radius 2 is 2.25 bits per heavy atom. The predicted octanol–water partition coefficient (Wildman–Crippen LogP) is 2.76. The molecule has 0 aliphatic carbocycles. The van der Waals surface area contributed by atoms with Gasteiger partial charge in [0.2, 0.25) is 0 Å². The van der Waals surface area contributed by atoms with Crippen molar-refractivity contribution in [2.45, 2.75) is 13.3 Å². The van der Waals surface area contributed by atoms with Crippen LogP contribution in [0.15, 0.2) is 18.2 Å². The second-order valence-corrected chi connectivity index (χ2v) is 3.40. The van der Waals surface area contributed by atoms with Crippen LogP contribution in [0.4, 0.5) is 5.69 Å². The SMILES string of the molecule is CCCOc1ccc([N+](=O)[O-])cc1C(=O)Cl. The Labute approximate surface area is 97.1 Å². The summed E-state index contributed by atoms with van der Waals surface area (Å²) in [6, 6.07) is 3.76. The molecule has 0 aliphatic heterocycles. The Morgan fingerprint density at radius 1 is 1.56 bits per heavy atom. The van der Waals surface area contributed by atoms with Crippen molar-refractivity contribution in [3.63, 3.8) is 0 Å². The average molecular weight is 244 g/mol. The van der Waals surface area contributed by atoms with Gasteiger partial charge in [-0.15, -0.1) is 0 Å². The zero-order valence-corrected chi connectivity index (χ0v) is 9.36. The number of hydrogen-bond acceptors (Lipinski definition) is 4. The summed E-state index contributed by atoms with van der Waals surface area (Å²) in [5.41, 5.74) is -0.169. The quantitative estimate of drug-likeness (QED) is 0.453. The fourth-order valence-corrected chi connectivity index (χ4v) is 1.27. The van der Waals surface area contributed by atoms with Gasteiger partial charge in [-0.05, 0) is 24.1 Å². The highest BCUT2D eigenvalue weighted by Gasteiger charge is 2.15. The third kappa shape index (κ3) is 2.93. The first kappa shape index (κ1) is 12.4. The second-order valence-electron chi connectivity index (χ2n) is 3.06.